The summed E-state index contributed by atoms with van der Waals surface area (Å²) in [5.41, 5.74) is 0. The average molecular weight is 294 g/mol. The minimum atomic E-state index is -0.507. The van der Waals surface area contributed by atoms with Gasteiger partial charge in [-0.2, -0.15) is 0 Å². The summed E-state index contributed by atoms with van der Waals surface area (Å²) in [6.45, 7) is 6.24. The van der Waals surface area contributed by atoms with Crippen molar-refractivity contribution in [1.82, 2.24) is 20.9 Å². The summed E-state index contributed by atoms with van der Waals surface area (Å²) < 4.78 is 5.09. The summed E-state index contributed by atoms with van der Waals surface area (Å²) in [6.07, 6.45) is 1.53. The third-order valence-corrected chi connectivity index (χ3v) is 3.26. The number of carbonyl (C=O) groups is 2. The number of furan rings is 1. The van der Waals surface area contributed by atoms with Crippen molar-refractivity contribution in [3.8, 4) is 0 Å². The molecule has 1 aliphatic heterocycles. The van der Waals surface area contributed by atoms with Crippen molar-refractivity contribution in [3.63, 3.8) is 0 Å². The zero-order valence-electron chi connectivity index (χ0n) is 12.4. The second-order valence-electron chi connectivity index (χ2n) is 5.47. The summed E-state index contributed by atoms with van der Waals surface area (Å²) in [5, 5.41) is 8.30. The Hall–Kier alpha value is -1.86. The average Bonchev–Trinajstić information content (AvgIpc) is 2.87. The highest BCUT2D eigenvalue weighted by Crippen LogP contribution is 2.03. The Morgan fingerprint density at radius 2 is 2.10 bits per heavy atom. The number of amides is 3. The Labute approximate surface area is 124 Å². The number of urea groups is 1. The minimum absolute atomic E-state index is 0.227. The van der Waals surface area contributed by atoms with E-state index in [1.54, 1.807) is 12.1 Å². The maximum atomic E-state index is 11.8. The number of imide groups is 1. The summed E-state index contributed by atoms with van der Waals surface area (Å²) in [4.78, 5) is 25.5. The predicted molar refractivity (Wildman–Crippen MR) is 77.6 cm³/mol. The van der Waals surface area contributed by atoms with Gasteiger partial charge in [-0.15, -0.1) is 0 Å². The molecular formula is C14H22N4O3. The van der Waals surface area contributed by atoms with Crippen LogP contribution in [0.2, 0.25) is 0 Å². The van der Waals surface area contributed by atoms with Crippen LogP contribution in [0.25, 0.3) is 0 Å². The lowest BCUT2D eigenvalue weighted by molar-refractivity contribution is -0.121. The van der Waals surface area contributed by atoms with Crippen LogP contribution < -0.4 is 16.0 Å². The fourth-order valence-electron chi connectivity index (χ4n) is 2.56. The van der Waals surface area contributed by atoms with Crippen molar-refractivity contribution < 1.29 is 14.0 Å². The molecule has 0 saturated carbocycles. The SMILES string of the molecule is CC1CN(CC(=O)NC(=O)NCc2ccco2)CC(C)N1. The monoisotopic (exact) mass is 294 g/mol. The maximum absolute atomic E-state index is 11.8. The quantitative estimate of drug-likeness (QED) is 0.743. The van der Waals surface area contributed by atoms with Crippen molar-refractivity contribution in [2.75, 3.05) is 19.6 Å². The standard InChI is InChI=1S/C14H22N4O3/c1-10-7-18(8-11(2)16-10)9-13(19)17-14(20)15-6-12-4-3-5-21-12/h3-5,10-11,16H,6-9H2,1-2H3,(H2,15,17,19,20). The number of hydrogen-bond donors (Lipinski definition) is 3. The van der Waals surface area contributed by atoms with Gasteiger partial charge in [-0.1, -0.05) is 0 Å². The zero-order valence-corrected chi connectivity index (χ0v) is 12.4. The van der Waals surface area contributed by atoms with E-state index in [4.69, 9.17) is 4.42 Å². The Morgan fingerprint density at radius 3 is 2.71 bits per heavy atom. The third kappa shape index (κ3) is 5.20. The lowest BCUT2D eigenvalue weighted by Gasteiger charge is -2.35. The first-order valence-electron chi connectivity index (χ1n) is 7.11. The Balaban J connectivity index is 1.69. The summed E-state index contributed by atoms with van der Waals surface area (Å²) in [5.74, 6) is 0.343. The van der Waals surface area contributed by atoms with Gasteiger partial charge in [0.25, 0.3) is 0 Å². The highest BCUT2D eigenvalue weighted by molar-refractivity contribution is 5.95. The Kier molecular flexibility index (Phi) is 5.35. The lowest BCUT2D eigenvalue weighted by atomic mass is 10.1. The van der Waals surface area contributed by atoms with Crippen LogP contribution in [0.1, 0.15) is 19.6 Å². The molecule has 2 heterocycles. The molecule has 3 amide bonds. The number of hydrogen-bond acceptors (Lipinski definition) is 5. The Bertz CT molecular complexity index is 465. The van der Waals surface area contributed by atoms with Gasteiger partial charge in [0.15, 0.2) is 0 Å². The van der Waals surface area contributed by atoms with Crippen LogP contribution >= 0.6 is 0 Å². The highest BCUT2D eigenvalue weighted by atomic mass is 16.3. The van der Waals surface area contributed by atoms with E-state index in [1.807, 2.05) is 4.90 Å². The van der Waals surface area contributed by atoms with Crippen LogP contribution in [0.5, 0.6) is 0 Å². The molecule has 7 heteroatoms. The first kappa shape index (κ1) is 15.5. The van der Waals surface area contributed by atoms with E-state index >= 15 is 0 Å². The molecule has 0 aromatic carbocycles. The molecule has 0 bridgehead atoms. The summed E-state index contributed by atoms with van der Waals surface area (Å²) in [6, 6.07) is 3.68. The van der Waals surface area contributed by atoms with Gasteiger partial charge in [0.2, 0.25) is 5.91 Å². The molecule has 3 N–H and O–H groups in total. The van der Waals surface area contributed by atoms with Gasteiger partial charge in [0, 0.05) is 25.2 Å². The van der Waals surface area contributed by atoms with E-state index < -0.39 is 6.03 Å². The molecule has 2 atom stereocenters. The number of rotatable bonds is 4. The number of carbonyl (C=O) groups excluding carboxylic acids is 2. The van der Waals surface area contributed by atoms with Gasteiger partial charge < -0.3 is 15.1 Å². The van der Waals surface area contributed by atoms with Crippen LogP contribution in [0.15, 0.2) is 22.8 Å². The van der Waals surface area contributed by atoms with Gasteiger partial charge >= 0.3 is 6.03 Å². The van der Waals surface area contributed by atoms with Gasteiger partial charge in [0.1, 0.15) is 5.76 Å². The van der Waals surface area contributed by atoms with Crippen molar-refractivity contribution >= 4 is 11.9 Å². The molecule has 1 saturated heterocycles. The molecular weight excluding hydrogens is 272 g/mol. The van der Waals surface area contributed by atoms with E-state index in [0.29, 0.717) is 17.8 Å². The molecule has 2 rings (SSSR count). The zero-order chi connectivity index (χ0) is 15.2. The highest BCUT2D eigenvalue weighted by Gasteiger charge is 2.22. The molecule has 0 aliphatic carbocycles. The molecule has 1 fully saturated rings. The van der Waals surface area contributed by atoms with Crippen molar-refractivity contribution in [1.29, 1.82) is 0 Å². The lowest BCUT2D eigenvalue weighted by Crippen LogP contribution is -2.56. The second kappa shape index (κ2) is 7.24. The van der Waals surface area contributed by atoms with Crippen molar-refractivity contribution in [3.05, 3.63) is 24.2 Å². The predicted octanol–water partition coefficient (Wildman–Crippen LogP) is 0.288. The molecule has 21 heavy (non-hydrogen) atoms. The first-order valence-corrected chi connectivity index (χ1v) is 7.11. The topological polar surface area (TPSA) is 86.6 Å². The maximum Gasteiger partial charge on any atom is 0.321 e. The van der Waals surface area contributed by atoms with Crippen LogP contribution in [0, 0.1) is 0 Å². The molecule has 1 aromatic heterocycles. The van der Waals surface area contributed by atoms with Gasteiger partial charge in [-0.25, -0.2) is 4.79 Å². The summed E-state index contributed by atoms with van der Waals surface area (Å²) >= 11 is 0. The van der Waals surface area contributed by atoms with E-state index in [1.165, 1.54) is 6.26 Å². The van der Waals surface area contributed by atoms with Gasteiger partial charge in [-0.05, 0) is 26.0 Å². The molecule has 1 aliphatic rings. The summed E-state index contributed by atoms with van der Waals surface area (Å²) in [7, 11) is 0. The largest absolute Gasteiger partial charge is 0.467 e. The molecule has 2 unspecified atom stereocenters. The molecule has 0 radical (unpaired) electrons. The molecule has 0 spiro atoms. The van der Waals surface area contributed by atoms with E-state index in [2.05, 4.69) is 29.8 Å². The van der Waals surface area contributed by atoms with Crippen LogP contribution in [-0.2, 0) is 11.3 Å². The van der Waals surface area contributed by atoms with E-state index in [9.17, 15) is 9.59 Å². The van der Waals surface area contributed by atoms with Crippen LogP contribution in [0.4, 0.5) is 4.79 Å². The molecule has 116 valence electrons. The van der Waals surface area contributed by atoms with Gasteiger partial charge in [0.05, 0.1) is 19.4 Å². The van der Waals surface area contributed by atoms with Crippen molar-refractivity contribution in [2.45, 2.75) is 32.5 Å². The van der Waals surface area contributed by atoms with Crippen LogP contribution in [-0.4, -0.2) is 48.6 Å². The molecule has 1 aromatic rings. The van der Waals surface area contributed by atoms with E-state index in [0.717, 1.165) is 13.1 Å². The van der Waals surface area contributed by atoms with Gasteiger partial charge in [-0.3, -0.25) is 15.0 Å². The smallest absolute Gasteiger partial charge is 0.321 e. The van der Waals surface area contributed by atoms with Crippen LogP contribution in [0.3, 0.4) is 0 Å². The number of nitrogens with zero attached hydrogens (tertiary/aromatic N) is 1. The van der Waals surface area contributed by atoms with E-state index in [-0.39, 0.29) is 19.0 Å². The third-order valence-electron chi connectivity index (χ3n) is 3.26. The normalized spacial score (nSPS) is 22.8. The Morgan fingerprint density at radius 1 is 1.38 bits per heavy atom. The second-order valence-corrected chi connectivity index (χ2v) is 5.47. The number of piperazine rings is 1. The minimum Gasteiger partial charge on any atom is -0.467 e. The fraction of sp³-hybridized carbons (Fsp3) is 0.571. The molecule has 7 nitrogen and oxygen atoms in total. The fourth-order valence-corrected chi connectivity index (χ4v) is 2.56. The van der Waals surface area contributed by atoms with Crippen molar-refractivity contribution in [2.24, 2.45) is 0 Å². The number of nitrogens with one attached hydrogen (secondary N) is 3. The first-order chi connectivity index (χ1) is 10.0.